The van der Waals surface area contributed by atoms with E-state index in [4.69, 9.17) is 4.42 Å². The van der Waals surface area contributed by atoms with Crippen LogP contribution in [0.25, 0.3) is 10.9 Å². The number of thioether (sulfide) groups is 1. The third-order valence-corrected chi connectivity index (χ3v) is 6.77. The molecule has 4 aromatic rings. The summed E-state index contributed by atoms with van der Waals surface area (Å²) in [4.78, 5) is 32.6. The van der Waals surface area contributed by atoms with E-state index in [1.54, 1.807) is 29.9 Å². The van der Waals surface area contributed by atoms with Crippen LogP contribution >= 0.6 is 11.8 Å². The third-order valence-electron chi connectivity index (χ3n) is 5.64. The molecule has 170 valence electrons. The summed E-state index contributed by atoms with van der Waals surface area (Å²) in [6, 6.07) is 15.3. The van der Waals surface area contributed by atoms with E-state index >= 15 is 0 Å². The Bertz CT molecular complexity index is 1310. The molecule has 5 rings (SSSR count). The number of carbonyl (C=O) groups is 2. The fourth-order valence-electron chi connectivity index (χ4n) is 3.87. The first kappa shape index (κ1) is 22.7. The highest BCUT2D eigenvalue weighted by molar-refractivity contribution is 7.99. The lowest BCUT2D eigenvalue weighted by Crippen LogP contribution is -2.48. The number of nitrogens with one attached hydrogen (secondary N) is 1. The summed E-state index contributed by atoms with van der Waals surface area (Å²) in [6.07, 6.45) is 4.10. The molecule has 0 radical (unpaired) electrons. The highest BCUT2D eigenvalue weighted by atomic mass is 32.2. The second-order valence-electron chi connectivity index (χ2n) is 7.83. The zero-order chi connectivity index (χ0) is 22.2. The molecule has 33 heavy (non-hydrogen) atoms. The highest BCUT2D eigenvalue weighted by Gasteiger charge is 2.31. The van der Waals surface area contributed by atoms with Gasteiger partial charge in [0.2, 0.25) is 5.91 Å². The number of amides is 2. The molecule has 2 amide bonds. The number of hydrogen-bond acceptors (Lipinski definition) is 5. The van der Waals surface area contributed by atoms with Crippen molar-refractivity contribution in [3.05, 3.63) is 78.1 Å². The van der Waals surface area contributed by atoms with Crippen molar-refractivity contribution in [3.63, 3.8) is 0 Å². The lowest BCUT2D eigenvalue weighted by Gasteiger charge is -2.21. The Morgan fingerprint density at radius 1 is 1.21 bits per heavy atom. The van der Waals surface area contributed by atoms with Gasteiger partial charge in [-0.2, -0.15) is 0 Å². The molecule has 8 heteroatoms. The van der Waals surface area contributed by atoms with Gasteiger partial charge in [0.1, 0.15) is 11.8 Å². The second-order valence-corrected chi connectivity index (χ2v) is 8.90. The van der Waals surface area contributed by atoms with Gasteiger partial charge in [-0.15, -0.1) is 11.8 Å². The first-order valence-corrected chi connectivity index (χ1v) is 11.3. The molecule has 0 saturated heterocycles. The standard InChI is InChI=1S/C24H22N4O3S.CH4/c1-27-9-8-16-11-20-21(12-19(16)27)32-14-18(24(30)28(20)2)26-22(29)23-25-13-17(31-23)10-15-6-4-3-5-7-15;/h3-9,11-13,18H,10,14H2,1-2H3,(H,26,29);1H4/t18-;/m0./s1. The van der Waals surface area contributed by atoms with Gasteiger partial charge in [-0.1, -0.05) is 37.8 Å². The van der Waals surface area contributed by atoms with Crippen molar-refractivity contribution in [3.8, 4) is 0 Å². The van der Waals surface area contributed by atoms with Crippen LogP contribution in [0.15, 0.2) is 70.2 Å². The predicted octanol–water partition coefficient (Wildman–Crippen LogP) is 4.26. The zero-order valence-corrected chi connectivity index (χ0v) is 18.6. The van der Waals surface area contributed by atoms with Crippen molar-refractivity contribution in [1.82, 2.24) is 14.9 Å². The SMILES string of the molecule is C.CN1C(=O)[C@@H](NC(=O)c2ncc(Cc3ccccc3)o2)CSc2cc3c(ccn3C)cc21. The van der Waals surface area contributed by atoms with Crippen molar-refractivity contribution in [2.45, 2.75) is 24.8 Å². The van der Waals surface area contributed by atoms with Crippen LogP contribution in [-0.2, 0) is 18.3 Å². The lowest BCUT2D eigenvalue weighted by atomic mass is 10.1. The minimum atomic E-state index is -0.683. The first-order chi connectivity index (χ1) is 15.5. The molecule has 0 aliphatic carbocycles. The maximum absolute atomic E-state index is 13.1. The molecule has 2 aromatic carbocycles. The maximum atomic E-state index is 13.1. The van der Waals surface area contributed by atoms with Gasteiger partial charge in [-0.3, -0.25) is 9.59 Å². The van der Waals surface area contributed by atoms with Crippen LogP contribution in [-0.4, -0.2) is 40.2 Å². The molecule has 7 nitrogen and oxygen atoms in total. The average Bonchev–Trinajstić information content (AvgIpc) is 3.39. The molecule has 0 fully saturated rings. The Hall–Kier alpha value is -3.52. The van der Waals surface area contributed by atoms with E-state index in [0.29, 0.717) is 17.9 Å². The normalized spacial score (nSPS) is 15.6. The number of likely N-dealkylation sites (N-methyl/N-ethyl adjacent to an activating group) is 1. The number of carbonyl (C=O) groups excluding carboxylic acids is 2. The molecule has 0 saturated carbocycles. The zero-order valence-electron chi connectivity index (χ0n) is 17.7. The Morgan fingerprint density at radius 3 is 2.79 bits per heavy atom. The van der Waals surface area contributed by atoms with Crippen molar-refractivity contribution in [2.75, 3.05) is 17.7 Å². The van der Waals surface area contributed by atoms with Gasteiger partial charge in [0.05, 0.1) is 11.9 Å². The summed E-state index contributed by atoms with van der Waals surface area (Å²) in [7, 11) is 3.74. The van der Waals surface area contributed by atoms with Gasteiger partial charge in [-0.25, -0.2) is 4.98 Å². The second kappa shape index (κ2) is 9.15. The van der Waals surface area contributed by atoms with E-state index in [1.165, 1.54) is 0 Å². The predicted molar refractivity (Wildman–Crippen MR) is 131 cm³/mol. The summed E-state index contributed by atoms with van der Waals surface area (Å²) < 4.78 is 7.70. The number of aryl methyl sites for hydroxylation is 1. The van der Waals surface area contributed by atoms with Crippen molar-refractivity contribution < 1.29 is 14.0 Å². The number of nitrogens with zero attached hydrogens (tertiary/aromatic N) is 3. The van der Waals surface area contributed by atoms with Crippen molar-refractivity contribution in [2.24, 2.45) is 7.05 Å². The monoisotopic (exact) mass is 462 g/mol. The molecule has 0 spiro atoms. The molecular weight excluding hydrogens is 436 g/mol. The van der Waals surface area contributed by atoms with Gasteiger partial charge in [-0.05, 0) is 23.8 Å². The fourth-order valence-corrected chi connectivity index (χ4v) is 4.99. The molecule has 0 unspecified atom stereocenters. The quantitative estimate of drug-likeness (QED) is 0.490. The molecular formula is C25H26N4O3S. The van der Waals surface area contributed by atoms with Crippen LogP contribution in [0.5, 0.6) is 0 Å². The summed E-state index contributed by atoms with van der Waals surface area (Å²) in [5.41, 5.74) is 3.01. The molecule has 2 aromatic heterocycles. The molecule has 0 bridgehead atoms. The molecule has 3 heterocycles. The Balaban J connectivity index is 0.00000259. The topological polar surface area (TPSA) is 80.4 Å². The van der Waals surface area contributed by atoms with E-state index in [9.17, 15) is 9.59 Å². The number of oxazole rings is 1. The van der Waals surface area contributed by atoms with Gasteiger partial charge < -0.3 is 19.2 Å². The molecule has 1 aliphatic heterocycles. The number of aromatic nitrogens is 2. The molecule has 1 atom stereocenters. The minimum absolute atomic E-state index is 0. The Morgan fingerprint density at radius 2 is 2.00 bits per heavy atom. The van der Waals surface area contributed by atoms with Crippen LogP contribution < -0.4 is 10.2 Å². The van der Waals surface area contributed by atoms with Crippen molar-refractivity contribution >= 4 is 40.2 Å². The summed E-state index contributed by atoms with van der Waals surface area (Å²) >= 11 is 1.55. The van der Waals surface area contributed by atoms with E-state index in [1.807, 2.05) is 55.7 Å². The van der Waals surface area contributed by atoms with Gasteiger partial charge in [0.25, 0.3) is 5.89 Å². The highest BCUT2D eigenvalue weighted by Crippen LogP contribution is 2.37. The van der Waals surface area contributed by atoms with E-state index in [2.05, 4.69) is 20.9 Å². The lowest BCUT2D eigenvalue weighted by molar-refractivity contribution is -0.119. The Labute approximate surface area is 196 Å². The maximum Gasteiger partial charge on any atom is 0.307 e. The van der Waals surface area contributed by atoms with Crippen molar-refractivity contribution in [1.29, 1.82) is 0 Å². The van der Waals surface area contributed by atoms with Crippen LogP contribution in [0.4, 0.5) is 5.69 Å². The average molecular weight is 463 g/mol. The molecule has 1 N–H and O–H groups in total. The number of fused-ring (bicyclic) bond motifs is 2. The number of hydrogen-bond donors (Lipinski definition) is 1. The van der Waals surface area contributed by atoms with Gasteiger partial charge in [0, 0.05) is 48.3 Å². The third kappa shape index (κ3) is 4.39. The van der Waals surface area contributed by atoms with Crippen LogP contribution in [0.1, 0.15) is 29.4 Å². The van der Waals surface area contributed by atoms with Gasteiger partial charge >= 0.3 is 5.91 Å². The Kier molecular flexibility index (Phi) is 6.29. The van der Waals surface area contributed by atoms with Crippen LogP contribution in [0.3, 0.4) is 0 Å². The fraction of sp³-hybridized carbons (Fsp3) is 0.240. The number of benzene rings is 2. The van der Waals surface area contributed by atoms with Gasteiger partial charge in [0.15, 0.2) is 0 Å². The smallest absolute Gasteiger partial charge is 0.307 e. The summed E-state index contributed by atoms with van der Waals surface area (Å²) in [6.45, 7) is 0. The number of rotatable bonds is 4. The van der Waals surface area contributed by atoms with E-state index in [-0.39, 0.29) is 19.2 Å². The van der Waals surface area contributed by atoms with E-state index < -0.39 is 11.9 Å². The largest absolute Gasteiger partial charge is 0.437 e. The number of anilines is 1. The van der Waals surface area contributed by atoms with E-state index in [0.717, 1.165) is 27.0 Å². The van der Waals surface area contributed by atoms with Crippen LogP contribution in [0.2, 0.25) is 0 Å². The summed E-state index contributed by atoms with van der Waals surface area (Å²) in [5, 5.41) is 3.87. The molecule has 1 aliphatic rings. The first-order valence-electron chi connectivity index (χ1n) is 10.3. The summed E-state index contributed by atoms with van der Waals surface area (Å²) in [5.74, 6) is 0.321. The minimum Gasteiger partial charge on any atom is -0.437 e. The van der Waals surface area contributed by atoms with Crippen LogP contribution in [0, 0.1) is 0 Å².